The van der Waals surface area contributed by atoms with E-state index in [1.54, 1.807) is 18.2 Å². The van der Waals surface area contributed by atoms with Gasteiger partial charge in [0.1, 0.15) is 5.75 Å². The van der Waals surface area contributed by atoms with Crippen LogP contribution in [0.15, 0.2) is 46.8 Å². The normalized spacial score (nSPS) is 15.8. The monoisotopic (exact) mass is 251 g/mol. The molecule has 0 saturated heterocycles. The van der Waals surface area contributed by atoms with Crippen LogP contribution in [-0.2, 0) is 0 Å². The van der Waals surface area contributed by atoms with Gasteiger partial charge in [-0.15, -0.1) is 0 Å². The maximum absolute atomic E-state index is 9.58. The molecule has 1 aliphatic heterocycles. The topological polar surface area (TPSA) is 79.8 Å². The van der Waals surface area contributed by atoms with Crippen LogP contribution in [-0.4, -0.2) is 5.11 Å². The van der Waals surface area contributed by atoms with E-state index in [2.05, 4.69) is 17.5 Å². The van der Waals surface area contributed by atoms with Gasteiger partial charge in [-0.1, -0.05) is 12.1 Å². The number of nitriles is 2. The summed E-state index contributed by atoms with van der Waals surface area (Å²) < 4.78 is 0. The highest BCUT2D eigenvalue weighted by atomic mass is 16.3. The zero-order chi connectivity index (χ0) is 14.0. The lowest BCUT2D eigenvalue weighted by Crippen LogP contribution is -2.23. The van der Waals surface area contributed by atoms with E-state index in [0.717, 1.165) is 17.0 Å². The summed E-state index contributed by atoms with van der Waals surface area (Å²) in [4.78, 5) is 0. The van der Waals surface area contributed by atoms with E-state index >= 15 is 0 Å². The van der Waals surface area contributed by atoms with E-state index in [4.69, 9.17) is 0 Å². The van der Waals surface area contributed by atoms with Gasteiger partial charge in [-0.25, -0.2) is 0 Å². The van der Waals surface area contributed by atoms with Crippen LogP contribution < -0.4 is 5.32 Å². The first-order chi connectivity index (χ1) is 9.08. The molecule has 0 aliphatic carbocycles. The highest BCUT2D eigenvalue weighted by Crippen LogP contribution is 2.37. The molecule has 0 aromatic heterocycles. The molecule has 1 aromatic carbocycles. The number of phenolic OH excluding ortho intramolecular Hbond substituents is 1. The number of dihydropyridines is 1. The van der Waals surface area contributed by atoms with E-state index in [1.165, 1.54) is 0 Å². The molecular weight excluding hydrogens is 238 g/mol. The van der Waals surface area contributed by atoms with Crippen molar-refractivity contribution < 1.29 is 5.11 Å². The van der Waals surface area contributed by atoms with Gasteiger partial charge < -0.3 is 10.4 Å². The van der Waals surface area contributed by atoms with Gasteiger partial charge in [-0.2, -0.15) is 10.5 Å². The Morgan fingerprint density at radius 2 is 1.68 bits per heavy atom. The number of nitrogens with zero attached hydrogens (tertiary/aromatic N) is 2. The van der Waals surface area contributed by atoms with Crippen molar-refractivity contribution in [2.45, 2.75) is 19.8 Å². The zero-order valence-electron chi connectivity index (χ0n) is 10.7. The number of allylic oxidation sites excluding steroid dienone is 4. The Kier molecular flexibility index (Phi) is 3.27. The van der Waals surface area contributed by atoms with E-state index in [1.807, 2.05) is 19.9 Å². The minimum atomic E-state index is -0.414. The minimum absolute atomic E-state index is 0.126. The van der Waals surface area contributed by atoms with E-state index in [9.17, 15) is 15.6 Å². The van der Waals surface area contributed by atoms with Crippen molar-refractivity contribution in [1.29, 1.82) is 10.5 Å². The zero-order valence-corrected chi connectivity index (χ0v) is 10.7. The largest absolute Gasteiger partial charge is 0.508 e. The number of nitrogens with one attached hydrogen (secondary N) is 1. The highest BCUT2D eigenvalue weighted by molar-refractivity contribution is 5.55. The molecule has 19 heavy (non-hydrogen) atoms. The second-order valence-electron chi connectivity index (χ2n) is 4.45. The molecular formula is C15H13N3O. The first-order valence-corrected chi connectivity index (χ1v) is 5.86. The van der Waals surface area contributed by atoms with Crippen LogP contribution in [0.3, 0.4) is 0 Å². The lowest BCUT2D eigenvalue weighted by molar-refractivity contribution is 0.474. The third-order valence-electron chi connectivity index (χ3n) is 3.20. The summed E-state index contributed by atoms with van der Waals surface area (Å²) in [5.41, 5.74) is 3.24. The molecule has 0 unspecified atom stereocenters. The van der Waals surface area contributed by atoms with Gasteiger partial charge in [0.25, 0.3) is 0 Å². The summed E-state index contributed by atoms with van der Waals surface area (Å²) in [6, 6.07) is 11.0. The van der Waals surface area contributed by atoms with Crippen LogP contribution in [0.4, 0.5) is 0 Å². The van der Waals surface area contributed by atoms with Crippen molar-refractivity contribution in [3.63, 3.8) is 0 Å². The second-order valence-corrected chi connectivity index (χ2v) is 4.45. The van der Waals surface area contributed by atoms with Gasteiger partial charge in [0, 0.05) is 11.4 Å². The summed E-state index contributed by atoms with van der Waals surface area (Å²) in [5, 5.41) is 31.3. The molecule has 0 spiro atoms. The predicted octanol–water partition coefficient (Wildman–Crippen LogP) is 2.67. The fourth-order valence-corrected chi connectivity index (χ4v) is 2.33. The highest BCUT2D eigenvalue weighted by Gasteiger charge is 2.29. The fourth-order valence-electron chi connectivity index (χ4n) is 2.33. The lowest BCUT2D eigenvalue weighted by atomic mass is 9.81. The van der Waals surface area contributed by atoms with Crippen LogP contribution in [0.2, 0.25) is 0 Å². The van der Waals surface area contributed by atoms with Crippen LogP contribution in [0.25, 0.3) is 0 Å². The quantitative estimate of drug-likeness (QED) is 0.804. The SMILES string of the molecule is CC1=C(C#N)C(c2cccc(O)c2)C(C#N)=C(C)N1. The standard InChI is InChI=1S/C15H13N3O/c1-9-13(7-16)15(14(8-17)10(2)18-9)11-4-3-5-12(19)6-11/h3-6,15,18-19H,1-2H3. The molecule has 4 nitrogen and oxygen atoms in total. The van der Waals surface area contributed by atoms with Crippen LogP contribution in [0.1, 0.15) is 25.3 Å². The molecule has 4 heteroatoms. The van der Waals surface area contributed by atoms with Gasteiger partial charge in [0.2, 0.25) is 0 Å². The smallest absolute Gasteiger partial charge is 0.115 e. The Hall–Kier alpha value is -2.72. The maximum atomic E-state index is 9.58. The number of aromatic hydroxyl groups is 1. The number of rotatable bonds is 1. The summed E-state index contributed by atoms with van der Waals surface area (Å²) in [5.74, 6) is -0.288. The average Bonchev–Trinajstić information content (AvgIpc) is 2.38. The molecule has 1 aliphatic rings. The summed E-state index contributed by atoms with van der Waals surface area (Å²) in [6.45, 7) is 3.62. The molecule has 1 heterocycles. The van der Waals surface area contributed by atoms with Gasteiger partial charge in [-0.05, 0) is 31.5 Å². The second kappa shape index (κ2) is 4.88. The molecule has 0 bridgehead atoms. The molecule has 94 valence electrons. The molecule has 0 radical (unpaired) electrons. The van der Waals surface area contributed by atoms with Crippen molar-refractivity contribution in [3.05, 3.63) is 52.4 Å². The predicted molar refractivity (Wildman–Crippen MR) is 70.6 cm³/mol. The van der Waals surface area contributed by atoms with Gasteiger partial charge >= 0.3 is 0 Å². The minimum Gasteiger partial charge on any atom is -0.508 e. The van der Waals surface area contributed by atoms with Crippen LogP contribution in [0, 0.1) is 22.7 Å². The van der Waals surface area contributed by atoms with Crippen molar-refractivity contribution in [2.75, 3.05) is 0 Å². The number of benzene rings is 1. The molecule has 2 N–H and O–H groups in total. The van der Waals surface area contributed by atoms with E-state index in [0.29, 0.717) is 11.1 Å². The molecule has 0 fully saturated rings. The first-order valence-electron chi connectivity index (χ1n) is 5.86. The maximum Gasteiger partial charge on any atom is 0.115 e. The Bertz CT molecular complexity index is 635. The Morgan fingerprint density at radius 1 is 1.11 bits per heavy atom. The number of hydrogen-bond acceptors (Lipinski definition) is 4. The molecule has 0 saturated carbocycles. The van der Waals surface area contributed by atoms with Crippen LogP contribution in [0.5, 0.6) is 5.75 Å². The van der Waals surface area contributed by atoms with Crippen molar-refractivity contribution in [2.24, 2.45) is 0 Å². The van der Waals surface area contributed by atoms with Gasteiger partial charge in [0.05, 0.1) is 29.2 Å². The molecule has 0 atom stereocenters. The Labute approximate surface area is 111 Å². The Morgan fingerprint density at radius 3 is 2.16 bits per heavy atom. The molecule has 0 amide bonds. The third-order valence-corrected chi connectivity index (χ3v) is 3.20. The summed E-state index contributed by atoms with van der Waals surface area (Å²) in [7, 11) is 0. The van der Waals surface area contributed by atoms with Gasteiger partial charge in [-0.3, -0.25) is 0 Å². The fraction of sp³-hybridized carbons (Fsp3) is 0.200. The van der Waals surface area contributed by atoms with E-state index < -0.39 is 5.92 Å². The number of hydrogen-bond donors (Lipinski definition) is 2. The molecule has 2 rings (SSSR count). The Balaban J connectivity index is 2.65. The van der Waals surface area contributed by atoms with Gasteiger partial charge in [0.15, 0.2) is 0 Å². The van der Waals surface area contributed by atoms with Crippen molar-refractivity contribution in [1.82, 2.24) is 5.32 Å². The lowest BCUT2D eigenvalue weighted by Gasteiger charge is -2.26. The third kappa shape index (κ3) is 2.17. The molecule has 1 aromatic rings. The van der Waals surface area contributed by atoms with Crippen LogP contribution >= 0.6 is 0 Å². The van der Waals surface area contributed by atoms with E-state index in [-0.39, 0.29) is 5.75 Å². The van der Waals surface area contributed by atoms with Crippen molar-refractivity contribution in [3.8, 4) is 17.9 Å². The first kappa shape index (κ1) is 12.7. The summed E-state index contributed by atoms with van der Waals surface area (Å²) >= 11 is 0. The van der Waals surface area contributed by atoms with Crippen molar-refractivity contribution >= 4 is 0 Å². The average molecular weight is 251 g/mol. The number of phenols is 1. The summed E-state index contributed by atoms with van der Waals surface area (Å²) in [6.07, 6.45) is 0.